The fraction of sp³-hybridized carbons (Fsp3) is 0.591. The molecule has 0 saturated carbocycles. The summed E-state index contributed by atoms with van der Waals surface area (Å²) in [5, 5.41) is 2.76. The number of nitrogens with one attached hydrogen (secondary N) is 1. The molecule has 2 aliphatic heterocycles. The molecule has 9 nitrogen and oxygen atoms in total. The van der Waals surface area contributed by atoms with Crippen molar-refractivity contribution in [1.82, 2.24) is 15.1 Å². The van der Waals surface area contributed by atoms with Crippen LogP contribution in [0.2, 0.25) is 0 Å². The number of carbonyl (C=O) groups excluding carboxylic acids is 3. The first-order chi connectivity index (χ1) is 14.8. The van der Waals surface area contributed by atoms with Gasteiger partial charge in [0.1, 0.15) is 18.2 Å². The zero-order valence-corrected chi connectivity index (χ0v) is 18.3. The van der Waals surface area contributed by atoms with Gasteiger partial charge in [0.05, 0.1) is 6.61 Å². The highest BCUT2D eigenvalue weighted by atomic mass is 16.6. The van der Waals surface area contributed by atoms with Gasteiger partial charge in [-0.2, -0.15) is 0 Å². The summed E-state index contributed by atoms with van der Waals surface area (Å²) in [4.78, 5) is 39.4. The van der Waals surface area contributed by atoms with Crippen LogP contribution in [0.1, 0.15) is 39.2 Å². The monoisotopic (exact) mass is 433 g/mol. The number of carbonyl (C=O) groups is 3. The summed E-state index contributed by atoms with van der Waals surface area (Å²) in [7, 11) is 0. The minimum Gasteiger partial charge on any atom is -0.445 e. The lowest BCUT2D eigenvalue weighted by atomic mass is 10.0. The lowest BCUT2D eigenvalue weighted by Crippen LogP contribution is -2.65. The number of benzene rings is 1. The highest BCUT2D eigenvalue weighted by Crippen LogP contribution is 2.25. The molecule has 0 radical (unpaired) electrons. The number of amides is 3. The smallest absolute Gasteiger partial charge is 0.410 e. The Morgan fingerprint density at radius 2 is 1.90 bits per heavy atom. The van der Waals surface area contributed by atoms with Crippen LogP contribution in [-0.2, 0) is 25.6 Å². The normalized spacial score (nSPS) is 21.6. The van der Waals surface area contributed by atoms with E-state index in [4.69, 9.17) is 14.2 Å². The third-order valence-electron chi connectivity index (χ3n) is 5.26. The first-order valence-corrected chi connectivity index (χ1v) is 10.6. The molecule has 31 heavy (non-hydrogen) atoms. The molecule has 9 heteroatoms. The van der Waals surface area contributed by atoms with E-state index >= 15 is 0 Å². The second-order valence-corrected chi connectivity index (χ2v) is 8.79. The first kappa shape index (κ1) is 22.9. The Kier molecular flexibility index (Phi) is 7.37. The van der Waals surface area contributed by atoms with E-state index in [0.717, 1.165) is 12.0 Å². The molecule has 170 valence electrons. The summed E-state index contributed by atoms with van der Waals surface area (Å²) in [6, 6.07) is 9.11. The minimum atomic E-state index is -0.601. The van der Waals surface area contributed by atoms with Gasteiger partial charge < -0.3 is 29.3 Å². The Hall–Kier alpha value is -2.81. The van der Waals surface area contributed by atoms with E-state index in [1.54, 1.807) is 30.6 Å². The second-order valence-electron chi connectivity index (χ2n) is 8.79. The van der Waals surface area contributed by atoms with Gasteiger partial charge in [-0.1, -0.05) is 30.3 Å². The van der Waals surface area contributed by atoms with Gasteiger partial charge in [0.2, 0.25) is 6.41 Å². The van der Waals surface area contributed by atoms with Crippen molar-refractivity contribution in [2.75, 3.05) is 19.7 Å². The Bertz CT molecular complexity index is 758. The Balaban J connectivity index is 1.45. The molecule has 2 saturated heterocycles. The second kappa shape index (κ2) is 10.00. The summed E-state index contributed by atoms with van der Waals surface area (Å²) in [5.41, 5.74) is 0.333. The lowest BCUT2D eigenvalue weighted by Gasteiger charge is -2.47. The molecule has 1 aromatic rings. The van der Waals surface area contributed by atoms with Crippen LogP contribution in [0, 0.1) is 0 Å². The lowest BCUT2D eigenvalue weighted by molar-refractivity contribution is -0.185. The van der Waals surface area contributed by atoms with Crippen molar-refractivity contribution in [1.29, 1.82) is 0 Å². The standard InChI is InChI=1S/C22H31N3O6/c1-22(2,3)31-20(27)23-18-14-29-19(18)25(15-26)17-9-11-24(12-10-17)21(28)30-13-16-7-5-4-6-8-16/h4-8,15,17-19H,9-14H2,1-3H3,(H,23,27). The van der Waals surface area contributed by atoms with Crippen LogP contribution in [0.3, 0.4) is 0 Å². The average molecular weight is 434 g/mol. The number of hydrogen-bond acceptors (Lipinski definition) is 6. The van der Waals surface area contributed by atoms with Crippen molar-refractivity contribution >= 4 is 18.6 Å². The van der Waals surface area contributed by atoms with E-state index in [2.05, 4.69) is 5.32 Å². The van der Waals surface area contributed by atoms with Gasteiger partial charge in [-0.25, -0.2) is 9.59 Å². The molecule has 0 bridgehead atoms. The molecule has 0 aliphatic carbocycles. The molecule has 2 fully saturated rings. The summed E-state index contributed by atoms with van der Waals surface area (Å²) >= 11 is 0. The van der Waals surface area contributed by atoms with Crippen molar-refractivity contribution in [2.45, 2.75) is 64.1 Å². The molecule has 1 N–H and O–H groups in total. The Labute approximate surface area is 182 Å². The van der Waals surface area contributed by atoms with Crippen molar-refractivity contribution in [3.63, 3.8) is 0 Å². The fourth-order valence-electron chi connectivity index (χ4n) is 3.66. The van der Waals surface area contributed by atoms with Gasteiger partial charge in [-0.15, -0.1) is 0 Å². The third kappa shape index (κ3) is 6.33. The minimum absolute atomic E-state index is 0.0797. The maximum atomic E-state index is 12.3. The van der Waals surface area contributed by atoms with Crippen LogP contribution in [0.4, 0.5) is 9.59 Å². The number of piperidine rings is 1. The van der Waals surface area contributed by atoms with Gasteiger partial charge >= 0.3 is 12.2 Å². The van der Waals surface area contributed by atoms with E-state index in [1.165, 1.54) is 0 Å². The van der Waals surface area contributed by atoms with Crippen LogP contribution in [0.25, 0.3) is 0 Å². The van der Waals surface area contributed by atoms with Crippen LogP contribution >= 0.6 is 0 Å². The van der Waals surface area contributed by atoms with Gasteiger partial charge in [-0.3, -0.25) is 4.79 Å². The maximum absolute atomic E-state index is 12.3. The molecule has 0 aromatic heterocycles. The summed E-state index contributed by atoms with van der Waals surface area (Å²) < 4.78 is 16.2. The molecule has 3 rings (SSSR count). The van der Waals surface area contributed by atoms with Gasteiger partial charge in [0.15, 0.2) is 6.23 Å². The van der Waals surface area contributed by atoms with Crippen molar-refractivity contribution < 1.29 is 28.6 Å². The van der Waals surface area contributed by atoms with E-state index < -0.39 is 17.9 Å². The number of alkyl carbamates (subject to hydrolysis) is 1. The van der Waals surface area contributed by atoms with E-state index in [-0.39, 0.29) is 24.8 Å². The summed E-state index contributed by atoms with van der Waals surface area (Å²) in [6.45, 7) is 6.89. The number of nitrogens with zero attached hydrogens (tertiary/aromatic N) is 2. The average Bonchev–Trinajstić information content (AvgIpc) is 2.73. The molecule has 2 atom stereocenters. The van der Waals surface area contributed by atoms with Crippen molar-refractivity contribution in [3.8, 4) is 0 Å². The fourth-order valence-corrected chi connectivity index (χ4v) is 3.66. The first-order valence-electron chi connectivity index (χ1n) is 10.6. The van der Waals surface area contributed by atoms with Crippen molar-refractivity contribution in [2.24, 2.45) is 0 Å². The molecule has 3 amide bonds. The van der Waals surface area contributed by atoms with E-state index in [0.29, 0.717) is 32.5 Å². The summed E-state index contributed by atoms with van der Waals surface area (Å²) in [5.74, 6) is 0. The van der Waals surface area contributed by atoms with Gasteiger partial charge in [0.25, 0.3) is 0 Å². The van der Waals surface area contributed by atoms with Crippen LogP contribution in [-0.4, -0.2) is 72.0 Å². The van der Waals surface area contributed by atoms with Gasteiger partial charge in [0, 0.05) is 19.1 Å². The van der Waals surface area contributed by atoms with Crippen LogP contribution in [0.15, 0.2) is 30.3 Å². The molecule has 2 heterocycles. The molecule has 2 unspecified atom stereocenters. The number of likely N-dealkylation sites (tertiary alicyclic amines) is 1. The Morgan fingerprint density at radius 1 is 1.23 bits per heavy atom. The van der Waals surface area contributed by atoms with E-state index in [9.17, 15) is 14.4 Å². The molecule has 1 aromatic carbocycles. The molecule has 0 spiro atoms. The number of rotatable bonds is 6. The predicted molar refractivity (Wildman–Crippen MR) is 112 cm³/mol. The molecular formula is C22H31N3O6. The zero-order valence-electron chi connectivity index (χ0n) is 18.3. The van der Waals surface area contributed by atoms with E-state index in [1.807, 2.05) is 30.3 Å². The highest BCUT2D eigenvalue weighted by molar-refractivity contribution is 5.68. The predicted octanol–water partition coefficient (Wildman–Crippen LogP) is 2.50. The van der Waals surface area contributed by atoms with Crippen LogP contribution in [0.5, 0.6) is 0 Å². The third-order valence-corrected chi connectivity index (χ3v) is 5.26. The number of hydrogen-bond donors (Lipinski definition) is 1. The van der Waals surface area contributed by atoms with Crippen molar-refractivity contribution in [3.05, 3.63) is 35.9 Å². The SMILES string of the molecule is CC(C)(C)OC(=O)NC1COC1N(C=O)C1CCN(C(=O)OCc2ccccc2)CC1. The maximum Gasteiger partial charge on any atom is 0.410 e. The highest BCUT2D eigenvalue weighted by Gasteiger charge is 2.42. The zero-order chi connectivity index (χ0) is 22.4. The topological polar surface area (TPSA) is 97.4 Å². The number of ether oxygens (including phenoxy) is 3. The Morgan fingerprint density at radius 3 is 2.45 bits per heavy atom. The molecular weight excluding hydrogens is 402 g/mol. The quantitative estimate of drug-likeness (QED) is 0.693. The van der Waals surface area contributed by atoms with Gasteiger partial charge in [-0.05, 0) is 39.2 Å². The largest absolute Gasteiger partial charge is 0.445 e. The molecule has 2 aliphatic rings. The summed E-state index contributed by atoms with van der Waals surface area (Å²) in [6.07, 6.45) is 0.543. The van der Waals surface area contributed by atoms with Crippen LogP contribution < -0.4 is 5.32 Å².